The maximum absolute atomic E-state index is 11.0. The zero-order valence-corrected chi connectivity index (χ0v) is 7.45. The van der Waals surface area contributed by atoms with Gasteiger partial charge in [-0.05, 0) is 19.8 Å². The van der Waals surface area contributed by atoms with Gasteiger partial charge in [-0.25, -0.2) is 13.1 Å². The smallest absolute Gasteiger partial charge is 0.212 e. The van der Waals surface area contributed by atoms with Crippen molar-refractivity contribution in [3.8, 4) is 0 Å². The zero-order chi connectivity index (χ0) is 7.78. The third-order valence-electron chi connectivity index (χ3n) is 1.30. The van der Waals surface area contributed by atoms with Crippen LogP contribution in [0.3, 0.4) is 0 Å². The molecule has 1 atom stereocenters. The van der Waals surface area contributed by atoms with Gasteiger partial charge in [-0.2, -0.15) is 12.6 Å². The fraction of sp³-hybridized carbons (Fsp3) is 1.00. The van der Waals surface area contributed by atoms with E-state index in [4.69, 9.17) is 0 Å². The molecule has 0 aromatic carbocycles. The highest BCUT2D eigenvalue weighted by Gasteiger charge is 2.35. The second-order valence-electron chi connectivity index (χ2n) is 2.54. The topological polar surface area (TPSA) is 46.2 Å². The van der Waals surface area contributed by atoms with E-state index in [1.54, 1.807) is 6.92 Å². The van der Waals surface area contributed by atoms with Gasteiger partial charge in [-0.3, -0.25) is 0 Å². The largest absolute Gasteiger partial charge is 0.215 e. The molecule has 0 heterocycles. The van der Waals surface area contributed by atoms with Crippen molar-refractivity contribution in [3.63, 3.8) is 0 Å². The molecule has 1 fully saturated rings. The molecule has 5 heteroatoms. The van der Waals surface area contributed by atoms with E-state index in [2.05, 4.69) is 17.4 Å². The van der Waals surface area contributed by atoms with Crippen LogP contribution in [-0.4, -0.2) is 19.0 Å². The van der Waals surface area contributed by atoms with Gasteiger partial charge in [0.1, 0.15) is 0 Å². The molecule has 0 bridgehead atoms. The van der Waals surface area contributed by atoms with E-state index in [9.17, 15) is 8.42 Å². The van der Waals surface area contributed by atoms with E-state index in [1.165, 1.54) is 0 Å². The first-order valence-electron chi connectivity index (χ1n) is 3.21. The average molecular weight is 181 g/mol. The van der Waals surface area contributed by atoms with Gasteiger partial charge in [0.15, 0.2) is 0 Å². The molecule has 1 saturated carbocycles. The summed E-state index contributed by atoms with van der Waals surface area (Å²) in [5.74, 6) is 0. The van der Waals surface area contributed by atoms with E-state index >= 15 is 0 Å². The van der Waals surface area contributed by atoms with Crippen molar-refractivity contribution in [2.45, 2.75) is 30.4 Å². The normalized spacial score (nSPS) is 22.6. The number of hydrogen-bond donors (Lipinski definition) is 2. The lowest BCUT2D eigenvalue weighted by atomic mass is 10.8. The van der Waals surface area contributed by atoms with Crippen molar-refractivity contribution in [2.75, 3.05) is 0 Å². The number of sulfonamides is 1. The number of thiol groups is 1. The van der Waals surface area contributed by atoms with Gasteiger partial charge >= 0.3 is 0 Å². The lowest BCUT2D eigenvalue weighted by molar-refractivity contribution is 0.580. The highest BCUT2D eigenvalue weighted by Crippen LogP contribution is 2.27. The Morgan fingerprint density at radius 3 is 2.40 bits per heavy atom. The van der Waals surface area contributed by atoms with E-state index in [-0.39, 0.29) is 10.6 Å². The Bertz CT molecular complexity index is 206. The maximum atomic E-state index is 11.0. The molecule has 1 aliphatic rings. The van der Waals surface area contributed by atoms with E-state index < -0.39 is 10.0 Å². The zero-order valence-electron chi connectivity index (χ0n) is 5.74. The van der Waals surface area contributed by atoms with Crippen molar-refractivity contribution < 1.29 is 8.42 Å². The van der Waals surface area contributed by atoms with Gasteiger partial charge < -0.3 is 0 Å². The third-order valence-corrected chi connectivity index (χ3v) is 3.63. The summed E-state index contributed by atoms with van der Waals surface area (Å²) < 4.78 is 24.5. The van der Waals surface area contributed by atoms with Gasteiger partial charge in [0.2, 0.25) is 10.0 Å². The van der Waals surface area contributed by atoms with Crippen LogP contribution in [0.5, 0.6) is 0 Å². The Balaban J connectivity index is 2.51. The standard InChI is InChI=1S/C5H11NO2S2/c1-4(9)6-10(7,8)5-2-3-5/h4-6,9H,2-3H2,1H3. The average Bonchev–Trinajstić information content (AvgIpc) is 2.35. The van der Waals surface area contributed by atoms with Crippen molar-refractivity contribution in [3.05, 3.63) is 0 Å². The first-order valence-corrected chi connectivity index (χ1v) is 5.28. The third kappa shape index (κ3) is 2.14. The Labute approximate surface area is 66.7 Å². The van der Waals surface area contributed by atoms with Gasteiger partial charge in [0, 0.05) is 0 Å². The molecule has 0 aromatic rings. The SMILES string of the molecule is CC(S)NS(=O)(=O)C1CC1. The summed E-state index contributed by atoms with van der Waals surface area (Å²) in [7, 11) is -3.01. The minimum Gasteiger partial charge on any atom is -0.212 e. The summed E-state index contributed by atoms with van der Waals surface area (Å²) in [4.78, 5) is 0. The molecule has 0 aromatic heterocycles. The molecule has 10 heavy (non-hydrogen) atoms. The Morgan fingerprint density at radius 2 is 2.10 bits per heavy atom. The fourth-order valence-corrected chi connectivity index (χ4v) is 2.58. The second kappa shape index (κ2) is 2.71. The highest BCUT2D eigenvalue weighted by molar-refractivity contribution is 7.91. The summed E-state index contributed by atoms with van der Waals surface area (Å²) in [5, 5.41) is -0.410. The van der Waals surface area contributed by atoms with Gasteiger partial charge in [0.25, 0.3) is 0 Å². The number of rotatable bonds is 3. The Hall–Kier alpha value is 0.260. The molecule has 1 N–H and O–H groups in total. The van der Waals surface area contributed by atoms with Gasteiger partial charge in [-0.1, -0.05) is 0 Å². The fourth-order valence-electron chi connectivity index (χ4n) is 0.712. The van der Waals surface area contributed by atoms with Crippen LogP contribution in [0, 0.1) is 0 Å². The van der Waals surface area contributed by atoms with Crippen molar-refractivity contribution in [2.24, 2.45) is 0 Å². The highest BCUT2D eigenvalue weighted by atomic mass is 32.2. The summed E-state index contributed by atoms with van der Waals surface area (Å²) in [6.45, 7) is 1.70. The lowest BCUT2D eigenvalue weighted by Gasteiger charge is -2.06. The minimum absolute atomic E-state index is 0.137. The van der Waals surface area contributed by atoms with Crippen LogP contribution in [0.25, 0.3) is 0 Å². The number of hydrogen-bond acceptors (Lipinski definition) is 3. The molecular formula is C5H11NO2S2. The van der Waals surface area contributed by atoms with Crippen molar-refractivity contribution in [1.82, 2.24) is 4.72 Å². The molecule has 0 amide bonds. The monoisotopic (exact) mass is 181 g/mol. The molecule has 3 nitrogen and oxygen atoms in total. The predicted molar refractivity (Wildman–Crippen MR) is 43.5 cm³/mol. The summed E-state index contributed by atoms with van der Waals surface area (Å²) >= 11 is 3.92. The van der Waals surface area contributed by atoms with E-state index in [0.29, 0.717) is 0 Å². The number of nitrogens with one attached hydrogen (secondary N) is 1. The molecular weight excluding hydrogens is 170 g/mol. The first-order chi connectivity index (χ1) is 4.52. The molecule has 0 saturated heterocycles. The molecule has 1 rings (SSSR count). The van der Waals surface area contributed by atoms with Crippen LogP contribution < -0.4 is 4.72 Å². The quantitative estimate of drug-likeness (QED) is 0.487. The first kappa shape index (κ1) is 8.36. The predicted octanol–water partition coefficient (Wildman–Crippen LogP) is 0.344. The van der Waals surface area contributed by atoms with Gasteiger partial charge in [-0.15, -0.1) is 0 Å². The van der Waals surface area contributed by atoms with Crippen LogP contribution in [0.4, 0.5) is 0 Å². The van der Waals surface area contributed by atoms with Crippen LogP contribution in [0.15, 0.2) is 0 Å². The molecule has 0 aliphatic heterocycles. The van der Waals surface area contributed by atoms with Crippen molar-refractivity contribution >= 4 is 22.7 Å². The Morgan fingerprint density at radius 1 is 1.60 bits per heavy atom. The van der Waals surface area contributed by atoms with Gasteiger partial charge in [0.05, 0.1) is 10.6 Å². The molecule has 60 valence electrons. The molecule has 0 radical (unpaired) electrons. The minimum atomic E-state index is -3.01. The van der Waals surface area contributed by atoms with Crippen molar-refractivity contribution in [1.29, 1.82) is 0 Å². The van der Waals surface area contributed by atoms with E-state index in [0.717, 1.165) is 12.8 Å². The molecule has 1 unspecified atom stereocenters. The van der Waals surface area contributed by atoms with Crippen LogP contribution in [0.2, 0.25) is 0 Å². The summed E-state index contributed by atoms with van der Waals surface area (Å²) in [6, 6.07) is 0. The van der Waals surface area contributed by atoms with Crippen LogP contribution in [-0.2, 0) is 10.0 Å². The molecule has 0 spiro atoms. The van der Waals surface area contributed by atoms with Crippen LogP contribution >= 0.6 is 12.6 Å². The summed E-state index contributed by atoms with van der Waals surface area (Å²) in [6.07, 6.45) is 1.60. The Kier molecular flexibility index (Phi) is 2.27. The summed E-state index contributed by atoms with van der Waals surface area (Å²) in [5.41, 5.74) is 0. The molecule has 1 aliphatic carbocycles. The lowest BCUT2D eigenvalue weighted by Crippen LogP contribution is -2.31. The maximum Gasteiger partial charge on any atom is 0.215 e. The second-order valence-corrected chi connectivity index (χ2v) is 5.31. The van der Waals surface area contributed by atoms with E-state index in [1.807, 2.05) is 0 Å². The van der Waals surface area contributed by atoms with Crippen LogP contribution in [0.1, 0.15) is 19.8 Å².